The average Bonchev–Trinajstić information content (AvgIpc) is 1.88. The lowest BCUT2D eigenvalue weighted by atomic mass is 10.2. The lowest BCUT2D eigenvalue weighted by molar-refractivity contribution is -0.131. The molecular weight excluding hydrogens is 196 g/mol. The largest absolute Gasteiger partial charge is 0.477 e. The zero-order valence-electron chi connectivity index (χ0n) is 5.93. The van der Waals surface area contributed by atoms with Gasteiger partial charge in [-0.3, -0.25) is 0 Å². The predicted molar refractivity (Wildman–Crippen MR) is 44.2 cm³/mol. The standard InChI is InChI=1S/C7H11BrO2/c1-2-3-4-5-6(8)7(9)10/h5H,2-4H2,1H3,(H,9,10). The molecule has 0 amide bonds. The topological polar surface area (TPSA) is 37.3 Å². The molecule has 0 rings (SSSR count). The summed E-state index contributed by atoms with van der Waals surface area (Å²) in [6.45, 7) is 2.07. The van der Waals surface area contributed by atoms with E-state index in [1.807, 2.05) is 0 Å². The second-order valence-corrected chi connectivity index (χ2v) is 2.85. The third-order valence-electron chi connectivity index (χ3n) is 1.09. The van der Waals surface area contributed by atoms with Crippen molar-refractivity contribution in [2.75, 3.05) is 0 Å². The fourth-order valence-electron chi connectivity index (χ4n) is 0.520. The quantitative estimate of drug-likeness (QED) is 0.568. The maximum absolute atomic E-state index is 10.2. The van der Waals surface area contributed by atoms with Crippen molar-refractivity contribution in [3.63, 3.8) is 0 Å². The molecule has 0 radical (unpaired) electrons. The van der Waals surface area contributed by atoms with Gasteiger partial charge in [-0.1, -0.05) is 25.8 Å². The van der Waals surface area contributed by atoms with Crippen molar-refractivity contribution in [3.8, 4) is 0 Å². The lowest BCUT2D eigenvalue weighted by Crippen LogP contribution is -1.92. The zero-order chi connectivity index (χ0) is 7.98. The molecule has 58 valence electrons. The van der Waals surface area contributed by atoms with E-state index in [1.54, 1.807) is 6.08 Å². The van der Waals surface area contributed by atoms with E-state index in [9.17, 15) is 4.79 Å². The number of carboxylic acids is 1. The average molecular weight is 207 g/mol. The van der Waals surface area contributed by atoms with Gasteiger partial charge in [-0.05, 0) is 22.4 Å². The number of unbranched alkanes of at least 4 members (excludes halogenated alkanes) is 2. The van der Waals surface area contributed by atoms with Crippen LogP contribution in [-0.2, 0) is 4.79 Å². The van der Waals surface area contributed by atoms with Gasteiger partial charge in [-0.15, -0.1) is 0 Å². The monoisotopic (exact) mass is 206 g/mol. The van der Waals surface area contributed by atoms with Gasteiger partial charge < -0.3 is 5.11 Å². The Bertz CT molecular complexity index is 141. The number of allylic oxidation sites excluding steroid dienone is 1. The summed E-state index contributed by atoms with van der Waals surface area (Å²) in [7, 11) is 0. The Labute approximate surface area is 69.1 Å². The number of halogens is 1. The van der Waals surface area contributed by atoms with E-state index in [-0.39, 0.29) is 4.48 Å². The molecule has 0 aromatic carbocycles. The van der Waals surface area contributed by atoms with E-state index in [4.69, 9.17) is 5.11 Å². The van der Waals surface area contributed by atoms with Crippen LogP contribution in [0.4, 0.5) is 0 Å². The number of rotatable bonds is 4. The molecule has 0 spiro atoms. The highest BCUT2D eigenvalue weighted by molar-refractivity contribution is 9.12. The Hall–Kier alpha value is -0.310. The van der Waals surface area contributed by atoms with Crippen LogP contribution in [0.1, 0.15) is 26.2 Å². The van der Waals surface area contributed by atoms with E-state index in [0.717, 1.165) is 19.3 Å². The fraction of sp³-hybridized carbons (Fsp3) is 0.571. The minimum atomic E-state index is -0.892. The number of hydrogen-bond acceptors (Lipinski definition) is 1. The molecular formula is C7H11BrO2. The molecule has 0 unspecified atom stereocenters. The molecule has 0 saturated heterocycles. The van der Waals surface area contributed by atoms with Crippen LogP contribution in [0.15, 0.2) is 10.6 Å². The van der Waals surface area contributed by atoms with Gasteiger partial charge in [0.1, 0.15) is 0 Å². The van der Waals surface area contributed by atoms with Crippen molar-refractivity contribution in [1.82, 2.24) is 0 Å². The first kappa shape index (κ1) is 9.69. The molecule has 2 nitrogen and oxygen atoms in total. The normalized spacial score (nSPS) is 11.6. The molecule has 0 heterocycles. The Balaban J connectivity index is 3.58. The molecule has 3 heteroatoms. The summed E-state index contributed by atoms with van der Waals surface area (Å²) >= 11 is 2.93. The van der Waals surface area contributed by atoms with Crippen molar-refractivity contribution in [3.05, 3.63) is 10.6 Å². The van der Waals surface area contributed by atoms with Gasteiger partial charge in [0, 0.05) is 0 Å². The van der Waals surface area contributed by atoms with Gasteiger partial charge in [-0.25, -0.2) is 4.79 Å². The minimum Gasteiger partial charge on any atom is -0.477 e. The Morgan fingerprint density at radius 2 is 2.30 bits per heavy atom. The first-order valence-electron chi connectivity index (χ1n) is 3.27. The van der Waals surface area contributed by atoms with E-state index in [0.29, 0.717) is 0 Å². The highest BCUT2D eigenvalue weighted by atomic mass is 79.9. The first-order valence-corrected chi connectivity index (χ1v) is 4.06. The number of carboxylic acid groups (broad SMARTS) is 1. The lowest BCUT2D eigenvalue weighted by Gasteiger charge is -1.90. The summed E-state index contributed by atoms with van der Waals surface area (Å²) in [6, 6.07) is 0. The molecule has 0 aromatic rings. The van der Waals surface area contributed by atoms with Crippen molar-refractivity contribution in [1.29, 1.82) is 0 Å². The molecule has 0 atom stereocenters. The Kier molecular flexibility index (Phi) is 5.30. The number of carbonyl (C=O) groups is 1. The van der Waals surface area contributed by atoms with Crippen LogP contribution in [0, 0.1) is 0 Å². The van der Waals surface area contributed by atoms with Crippen LogP contribution in [0.25, 0.3) is 0 Å². The third kappa shape index (κ3) is 4.56. The maximum Gasteiger partial charge on any atom is 0.342 e. The third-order valence-corrected chi connectivity index (χ3v) is 1.75. The van der Waals surface area contributed by atoms with Crippen LogP contribution in [0.2, 0.25) is 0 Å². The van der Waals surface area contributed by atoms with Crippen molar-refractivity contribution >= 4 is 21.9 Å². The summed E-state index contributed by atoms with van der Waals surface area (Å²) in [5.74, 6) is -0.892. The highest BCUT2D eigenvalue weighted by Gasteiger charge is 1.98. The van der Waals surface area contributed by atoms with Crippen molar-refractivity contribution < 1.29 is 9.90 Å². The maximum atomic E-state index is 10.2. The second kappa shape index (κ2) is 5.47. The molecule has 10 heavy (non-hydrogen) atoms. The van der Waals surface area contributed by atoms with Crippen LogP contribution in [0.3, 0.4) is 0 Å². The van der Waals surface area contributed by atoms with E-state index < -0.39 is 5.97 Å². The summed E-state index contributed by atoms with van der Waals surface area (Å²) in [5, 5.41) is 8.37. The molecule has 1 N–H and O–H groups in total. The molecule has 0 aliphatic heterocycles. The first-order chi connectivity index (χ1) is 4.68. The number of aliphatic carboxylic acids is 1. The molecule has 0 fully saturated rings. The molecule has 0 aliphatic rings. The Morgan fingerprint density at radius 3 is 2.70 bits per heavy atom. The van der Waals surface area contributed by atoms with Gasteiger partial charge in [-0.2, -0.15) is 0 Å². The summed E-state index contributed by atoms with van der Waals surface area (Å²) in [6.07, 6.45) is 4.66. The molecule has 0 bridgehead atoms. The SMILES string of the molecule is CCCCC=C(Br)C(=O)O. The molecule has 0 saturated carbocycles. The summed E-state index contributed by atoms with van der Waals surface area (Å²) < 4.78 is 0.265. The smallest absolute Gasteiger partial charge is 0.342 e. The second-order valence-electron chi connectivity index (χ2n) is 2.00. The van der Waals surface area contributed by atoms with Crippen LogP contribution >= 0.6 is 15.9 Å². The van der Waals surface area contributed by atoms with Crippen LogP contribution < -0.4 is 0 Å². The van der Waals surface area contributed by atoms with Gasteiger partial charge in [0.2, 0.25) is 0 Å². The molecule has 0 aromatic heterocycles. The van der Waals surface area contributed by atoms with Gasteiger partial charge in [0.05, 0.1) is 4.48 Å². The van der Waals surface area contributed by atoms with Gasteiger partial charge in [0.15, 0.2) is 0 Å². The predicted octanol–water partition coefficient (Wildman–Crippen LogP) is 2.54. The van der Waals surface area contributed by atoms with Crippen molar-refractivity contribution in [2.24, 2.45) is 0 Å². The van der Waals surface area contributed by atoms with Crippen molar-refractivity contribution in [2.45, 2.75) is 26.2 Å². The highest BCUT2D eigenvalue weighted by Crippen LogP contribution is 2.07. The number of hydrogen-bond donors (Lipinski definition) is 1. The summed E-state index contributed by atoms with van der Waals surface area (Å²) in [4.78, 5) is 10.2. The minimum absolute atomic E-state index is 0.265. The summed E-state index contributed by atoms with van der Waals surface area (Å²) in [5.41, 5.74) is 0. The molecule has 0 aliphatic carbocycles. The zero-order valence-corrected chi connectivity index (χ0v) is 7.52. The van der Waals surface area contributed by atoms with Gasteiger partial charge in [0.25, 0.3) is 0 Å². The van der Waals surface area contributed by atoms with E-state index in [2.05, 4.69) is 22.9 Å². The van der Waals surface area contributed by atoms with Gasteiger partial charge >= 0.3 is 5.97 Å². The Morgan fingerprint density at radius 1 is 1.70 bits per heavy atom. The van der Waals surface area contributed by atoms with Crippen LogP contribution in [0.5, 0.6) is 0 Å². The van der Waals surface area contributed by atoms with Crippen LogP contribution in [-0.4, -0.2) is 11.1 Å². The fourth-order valence-corrected chi connectivity index (χ4v) is 0.749. The van der Waals surface area contributed by atoms with E-state index >= 15 is 0 Å². The van der Waals surface area contributed by atoms with E-state index in [1.165, 1.54) is 0 Å².